The molecule has 0 bridgehead atoms. The van der Waals surface area contributed by atoms with E-state index in [0.717, 1.165) is 70.6 Å². The van der Waals surface area contributed by atoms with Crippen LogP contribution in [0.25, 0.3) is 0 Å². The van der Waals surface area contributed by atoms with E-state index in [0.29, 0.717) is 12.8 Å². The van der Waals surface area contributed by atoms with Crippen molar-refractivity contribution in [2.75, 3.05) is 13.2 Å². The topological polar surface area (TPSA) is 72.8 Å². The second-order valence-corrected chi connectivity index (χ2v) is 20.8. The van der Waals surface area contributed by atoms with Gasteiger partial charge in [0.1, 0.15) is 6.61 Å². The minimum absolute atomic E-state index is 0.0677. The highest BCUT2D eigenvalue weighted by molar-refractivity contribution is 5.70. The first-order valence-electron chi connectivity index (χ1n) is 31.0. The van der Waals surface area contributed by atoms with Crippen molar-refractivity contribution < 1.29 is 24.2 Å². The lowest BCUT2D eigenvalue weighted by molar-refractivity contribution is -0.161. The summed E-state index contributed by atoms with van der Waals surface area (Å²) < 4.78 is 10.7. The zero-order valence-electron chi connectivity index (χ0n) is 47.2. The van der Waals surface area contributed by atoms with Crippen LogP contribution in [0.5, 0.6) is 0 Å². The average molecular weight is 992 g/mol. The van der Waals surface area contributed by atoms with Gasteiger partial charge >= 0.3 is 11.9 Å². The number of aliphatic hydroxyl groups excluding tert-OH is 1. The largest absolute Gasteiger partial charge is 0.462 e. The van der Waals surface area contributed by atoms with E-state index in [-0.39, 0.29) is 25.2 Å². The van der Waals surface area contributed by atoms with Crippen LogP contribution in [0.15, 0.2) is 72.9 Å². The van der Waals surface area contributed by atoms with E-state index in [1.54, 1.807) is 0 Å². The van der Waals surface area contributed by atoms with Crippen LogP contribution in [0, 0.1) is 0 Å². The SMILES string of the molecule is CC/C=C\C/C=C\C/C=C\C/C=C\CCCCCCCCCCCCCCCCCCCCCCCCCCCCC(=O)OC(CO)COC(=O)CCCCCCCCC/C=C\C/C=C\CCCCCC. The third-order valence-corrected chi connectivity index (χ3v) is 13.7. The van der Waals surface area contributed by atoms with Crippen LogP contribution in [0.3, 0.4) is 0 Å². The fourth-order valence-electron chi connectivity index (χ4n) is 9.11. The van der Waals surface area contributed by atoms with Crippen molar-refractivity contribution in [3.63, 3.8) is 0 Å². The van der Waals surface area contributed by atoms with Crippen molar-refractivity contribution >= 4 is 11.9 Å². The van der Waals surface area contributed by atoms with E-state index in [1.165, 1.54) is 218 Å². The summed E-state index contributed by atoms with van der Waals surface area (Å²) in [7, 11) is 0. The Labute approximate surface area is 442 Å². The Balaban J connectivity index is 3.40. The molecule has 0 aromatic heterocycles. The number of esters is 2. The summed E-state index contributed by atoms with van der Waals surface area (Å²) >= 11 is 0. The third kappa shape index (κ3) is 59.8. The number of carbonyl (C=O) groups excluding carboxylic acids is 2. The quantitative estimate of drug-likeness (QED) is 0.0373. The Morgan fingerprint density at radius 3 is 0.915 bits per heavy atom. The number of allylic oxidation sites excluding steroid dienone is 12. The van der Waals surface area contributed by atoms with Crippen molar-refractivity contribution in [1.29, 1.82) is 0 Å². The highest BCUT2D eigenvalue weighted by Crippen LogP contribution is 2.17. The standard InChI is InChI=1S/C66H118O5/c1-3-5-7-9-11-13-15-17-19-21-23-24-25-26-27-28-29-30-31-32-33-34-35-36-37-38-39-40-41-42-43-45-47-49-51-53-55-57-59-61-66(69)71-64(62-67)63-70-65(68)60-58-56-54-52-50-48-46-44-22-20-18-16-14-12-10-8-6-4-2/h5,7,11,13-14,16-17,19-20,22-24,64,67H,3-4,6,8-10,12,15,18,21,25-63H2,1-2H3/b7-5-,13-11-,16-14-,19-17-,22-20-,24-23-. The summed E-state index contributed by atoms with van der Waals surface area (Å²) in [6.45, 7) is 4.03. The van der Waals surface area contributed by atoms with Gasteiger partial charge in [0.15, 0.2) is 6.10 Å². The number of ether oxygens (including phenoxy) is 2. The highest BCUT2D eigenvalue weighted by atomic mass is 16.6. The van der Waals surface area contributed by atoms with Crippen LogP contribution in [-0.2, 0) is 19.1 Å². The van der Waals surface area contributed by atoms with E-state index in [4.69, 9.17) is 9.47 Å². The van der Waals surface area contributed by atoms with Crippen LogP contribution in [0.2, 0.25) is 0 Å². The zero-order valence-corrected chi connectivity index (χ0v) is 47.2. The van der Waals surface area contributed by atoms with Crippen LogP contribution < -0.4 is 0 Å². The number of aliphatic hydroxyl groups is 1. The molecule has 0 saturated heterocycles. The Bertz CT molecular complexity index is 1260. The summed E-state index contributed by atoms with van der Waals surface area (Å²) in [5, 5.41) is 9.66. The maximum atomic E-state index is 12.3. The predicted molar refractivity (Wildman–Crippen MR) is 311 cm³/mol. The zero-order chi connectivity index (χ0) is 51.3. The molecule has 0 radical (unpaired) electrons. The van der Waals surface area contributed by atoms with Gasteiger partial charge in [0.25, 0.3) is 0 Å². The van der Waals surface area contributed by atoms with E-state index in [1.807, 2.05) is 0 Å². The smallest absolute Gasteiger partial charge is 0.306 e. The fourth-order valence-corrected chi connectivity index (χ4v) is 9.11. The molecule has 0 rings (SSSR count). The van der Waals surface area contributed by atoms with Crippen LogP contribution in [0.1, 0.15) is 316 Å². The van der Waals surface area contributed by atoms with Gasteiger partial charge in [-0.15, -0.1) is 0 Å². The third-order valence-electron chi connectivity index (χ3n) is 13.7. The minimum Gasteiger partial charge on any atom is -0.462 e. The molecule has 5 heteroatoms. The van der Waals surface area contributed by atoms with Gasteiger partial charge in [-0.1, -0.05) is 292 Å². The first kappa shape index (κ1) is 68.3. The molecule has 71 heavy (non-hydrogen) atoms. The van der Waals surface area contributed by atoms with Gasteiger partial charge in [-0.05, 0) is 83.5 Å². The van der Waals surface area contributed by atoms with E-state index in [9.17, 15) is 14.7 Å². The molecule has 0 amide bonds. The molecule has 0 fully saturated rings. The normalized spacial score (nSPS) is 12.7. The van der Waals surface area contributed by atoms with Gasteiger partial charge in [-0.3, -0.25) is 9.59 Å². The lowest BCUT2D eigenvalue weighted by atomic mass is 10.0. The summed E-state index contributed by atoms with van der Waals surface area (Å²) in [5.74, 6) is -0.586. The summed E-state index contributed by atoms with van der Waals surface area (Å²) in [5.41, 5.74) is 0. The number of hydrogen-bond acceptors (Lipinski definition) is 5. The first-order chi connectivity index (χ1) is 35.1. The van der Waals surface area contributed by atoms with Crippen LogP contribution in [0.4, 0.5) is 0 Å². The maximum Gasteiger partial charge on any atom is 0.306 e. The molecule has 5 nitrogen and oxygen atoms in total. The summed E-state index contributed by atoms with van der Waals surface area (Å²) in [4.78, 5) is 24.5. The maximum absolute atomic E-state index is 12.3. The first-order valence-corrected chi connectivity index (χ1v) is 31.0. The number of hydrogen-bond donors (Lipinski definition) is 1. The van der Waals surface area contributed by atoms with E-state index < -0.39 is 6.10 Å². The van der Waals surface area contributed by atoms with Gasteiger partial charge in [0.05, 0.1) is 6.61 Å². The highest BCUT2D eigenvalue weighted by Gasteiger charge is 2.16. The van der Waals surface area contributed by atoms with Crippen molar-refractivity contribution in [3.05, 3.63) is 72.9 Å². The molecule has 1 unspecified atom stereocenters. The Morgan fingerprint density at radius 1 is 0.338 bits per heavy atom. The predicted octanol–water partition coefficient (Wildman–Crippen LogP) is 21.1. The van der Waals surface area contributed by atoms with Gasteiger partial charge in [0.2, 0.25) is 0 Å². The molecule has 0 aliphatic carbocycles. The molecule has 1 N–H and O–H groups in total. The minimum atomic E-state index is -0.775. The molecule has 0 saturated carbocycles. The molecule has 0 heterocycles. The number of unbranched alkanes of at least 4 members (excludes halogenated alkanes) is 37. The Kier molecular flexibility index (Phi) is 59.3. The number of carbonyl (C=O) groups is 2. The monoisotopic (exact) mass is 991 g/mol. The number of rotatable bonds is 57. The summed E-state index contributed by atoms with van der Waals surface area (Å²) in [6, 6.07) is 0. The Hall–Kier alpha value is -2.66. The van der Waals surface area contributed by atoms with Crippen molar-refractivity contribution in [2.24, 2.45) is 0 Å². The lowest BCUT2D eigenvalue weighted by Crippen LogP contribution is -2.28. The molecular weight excluding hydrogens is 873 g/mol. The van der Waals surface area contributed by atoms with Crippen LogP contribution >= 0.6 is 0 Å². The molecular formula is C66H118O5. The Morgan fingerprint density at radius 2 is 0.606 bits per heavy atom. The van der Waals surface area contributed by atoms with Gasteiger partial charge in [-0.25, -0.2) is 0 Å². The molecule has 0 aliphatic rings. The lowest BCUT2D eigenvalue weighted by Gasteiger charge is -2.15. The van der Waals surface area contributed by atoms with Crippen molar-refractivity contribution in [1.82, 2.24) is 0 Å². The molecule has 0 aromatic rings. The van der Waals surface area contributed by atoms with Gasteiger partial charge < -0.3 is 14.6 Å². The molecule has 412 valence electrons. The fraction of sp³-hybridized carbons (Fsp3) is 0.788. The second-order valence-electron chi connectivity index (χ2n) is 20.8. The van der Waals surface area contributed by atoms with Gasteiger partial charge in [0, 0.05) is 12.8 Å². The van der Waals surface area contributed by atoms with Crippen LogP contribution in [-0.4, -0.2) is 36.4 Å². The second kappa shape index (κ2) is 61.6. The van der Waals surface area contributed by atoms with Crippen molar-refractivity contribution in [2.45, 2.75) is 322 Å². The molecule has 0 aliphatic heterocycles. The summed E-state index contributed by atoms with van der Waals surface area (Å²) in [6.07, 6.45) is 84.8. The van der Waals surface area contributed by atoms with E-state index in [2.05, 4.69) is 86.8 Å². The van der Waals surface area contributed by atoms with Crippen molar-refractivity contribution in [3.8, 4) is 0 Å². The molecule has 0 aromatic carbocycles. The molecule has 0 spiro atoms. The average Bonchev–Trinajstić information content (AvgIpc) is 3.37. The molecule has 1 atom stereocenters. The van der Waals surface area contributed by atoms with E-state index >= 15 is 0 Å². The van der Waals surface area contributed by atoms with Gasteiger partial charge in [-0.2, -0.15) is 0 Å².